The number of rotatable bonds is 1. The van der Waals surface area contributed by atoms with E-state index >= 15 is 0 Å². The standard InChI is InChI=1S/C6H9NO2.H3N/c8-7(9)6-4-2-1-3-5-6;/h4H,1-3,5H2;1H3. The normalized spacial score (nSPS) is 17.0. The number of hydrogen-bond acceptors (Lipinski definition) is 3. The fraction of sp³-hybridized carbons (Fsp3) is 0.667. The largest absolute Gasteiger partial charge is 0.344 e. The molecule has 0 unspecified atom stereocenters. The molecule has 0 heterocycles. The van der Waals surface area contributed by atoms with Crippen molar-refractivity contribution in [3.8, 4) is 0 Å². The molecule has 0 aromatic carbocycles. The van der Waals surface area contributed by atoms with Crippen LogP contribution in [0, 0.1) is 10.1 Å². The van der Waals surface area contributed by atoms with Crippen LogP contribution in [0.3, 0.4) is 0 Å². The Morgan fingerprint density at radius 1 is 1.50 bits per heavy atom. The summed E-state index contributed by atoms with van der Waals surface area (Å²) < 4.78 is 0. The van der Waals surface area contributed by atoms with E-state index in [1.54, 1.807) is 6.08 Å². The minimum absolute atomic E-state index is 0. The van der Waals surface area contributed by atoms with Crippen LogP contribution in [0.5, 0.6) is 0 Å². The molecule has 0 aliphatic heterocycles. The van der Waals surface area contributed by atoms with Gasteiger partial charge in [-0.25, -0.2) is 0 Å². The lowest BCUT2D eigenvalue weighted by Crippen LogP contribution is -2.01. The molecule has 10 heavy (non-hydrogen) atoms. The van der Waals surface area contributed by atoms with Crippen LogP contribution in [-0.2, 0) is 0 Å². The van der Waals surface area contributed by atoms with E-state index in [2.05, 4.69) is 0 Å². The maximum atomic E-state index is 10.1. The van der Waals surface area contributed by atoms with Crippen LogP contribution in [0.4, 0.5) is 0 Å². The molecule has 0 aromatic rings. The summed E-state index contributed by atoms with van der Waals surface area (Å²) in [6, 6.07) is 0. The fourth-order valence-corrected chi connectivity index (χ4v) is 0.987. The van der Waals surface area contributed by atoms with Crippen LogP contribution < -0.4 is 6.15 Å². The number of hydrogen-bond donors (Lipinski definition) is 1. The van der Waals surface area contributed by atoms with Gasteiger partial charge < -0.3 is 6.15 Å². The van der Waals surface area contributed by atoms with E-state index in [1.165, 1.54) is 0 Å². The monoisotopic (exact) mass is 144 g/mol. The first-order valence-electron chi connectivity index (χ1n) is 3.14. The highest BCUT2D eigenvalue weighted by atomic mass is 16.6. The SMILES string of the molecule is N.O=[N+]([O-])C1=CCCCC1. The van der Waals surface area contributed by atoms with Gasteiger partial charge in [0.05, 0.1) is 4.92 Å². The number of nitrogens with zero attached hydrogens (tertiary/aromatic N) is 1. The fourth-order valence-electron chi connectivity index (χ4n) is 0.987. The summed E-state index contributed by atoms with van der Waals surface area (Å²) in [4.78, 5) is 9.81. The summed E-state index contributed by atoms with van der Waals surface area (Å²) in [6.45, 7) is 0. The zero-order chi connectivity index (χ0) is 6.69. The summed E-state index contributed by atoms with van der Waals surface area (Å²) >= 11 is 0. The van der Waals surface area contributed by atoms with E-state index in [1.807, 2.05) is 0 Å². The van der Waals surface area contributed by atoms with E-state index in [0.29, 0.717) is 12.1 Å². The molecule has 4 heteroatoms. The Balaban J connectivity index is 0.000000810. The van der Waals surface area contributed by atoms with Crippen LogP contribution in [0.15, 0.2) is 11.8 Å². The molecule has 58 valence electrons. The lowest BCUT2D eigenvalue weighted by molar-refractivity contribution is -0.429. The zero-order valence-corrected chi connectivity index (χ0v) is 5.88. The van der Waals surface area contributed by atoms with Gasteiger partial charge in [0.25, 0.3) is 0 Å². The molecule has 1 rings (SSSR count). The van der Waals surface area contributed by atoms with E-state index < -0.39 is 0 Å². The van der Waals surface area contributed by atoms with Crippen LogP contribution >= 0.6 is 0 Å². The molecule has 3 N–H and O–H groups in total. The number of nitro groups is 1. The zero-order valence-electron chi connectivity index (χ0n) is 5.88. The summed E-state index contributed by atoms with van der Waals surface area (Å²) in [5.74, 6) is 0. The van der Waals surface area contributed by atoms with Crippen molar-refractivity contribution in [3.05, 3.63) is 21.9 Å². The first-order chi connectivity index (χ1) is 4.30. The first kappa shape index (κ1) is 9.10. The molecule has 0 bridgehead atoms. The quantitative estimate of drug-likeness (QED) is 0.450. The molecule has 0 radical (unpaired) electrons. The molecule has 4 nitrogen and oxygen atoms in total. The average molecular weight is 144 g/mol. The topological polar surface area (TPSA) is 78.1 Å². The summed E-state index contributed by atoms with van der Waals surface area (Å²) in [5.41, 5.74) is 0.404. The van der Waals surface area contributed by atoms with Crippen molar-refractivity contribution in [1.82, 2.24) is 6.15 Å². The molecule has 0 saturated carbocycles. The second-order valence-corrected chi connectivity index (χ2v) is 2.20. The summed E-state index contributed by atoms with van der Waals surface area (Å²) in [7, 11) is 0. The summed E-state index contributed by atoms with van der Waals surface area (Å²) in [5, 5.41) is 10.1. The van der Waals surface area contributed by atoms with Gasteiger partial charge in [-0.2, -0.15) is 0 Å². The molecule has 1 aliphatic carbocycles. The molecular weight excluding hydrogens is 132 g/mol. The second kappa shape index (κ2) is 4.00. The Morgan fingerprint density at radius 2 is 2.20 bits per heavy atom. The van der Waals surface area contributed by atoms with Crippen LogP contribution in [0.25, 0.3) is 0 Å². The van der Waals surface area contributed by atoms with Crippen LogP contribution in [0.2, 0.25) is 0 Å². The van der Waals surface area contributed by atoms with Gasteiger partial charge in [-0.3, -0.25) is 10.1 Å². The van der Waals surface area contributed by atoms with Crippen LogP contribution in [-0.4, -0.2) is 4.92 Å². The first-order valence-corrected chi connectivity index (χ1v) is 3.14. The number of allylic oxidation sites excluding steroid dienone is 2. The molecule has 0 spiro atoms. The Labute approximate surface area is 59.7 Å². The lowest BCUT2D eigenvalue weighted by Gasteiger charge is -2.02. The Morgan fingerprint density at radius 3 is 2.50 bits per heavy atom. The van der Waals surface area contributed by atoms with E-state index in [0.717, 1.165) is 19.3 Å². The van der Waals surface area contributed by atoms with Gasteiger partial charge in [0, 0.05) is 6.42 Å². The van der Waals surface area contributed by atoms with Crippen molar-refractivity contribution in [1.29, 1.82) is 0 Å². The van der Waals surface area contributed by atoms with E-state index in [-0.39, 0.29) is 11.1 Å². The highest BCUT2D eigenvalue weighted by Crippen LogP contribution is 2.16. The van der Waals surface area contributed by atoms with Gasteiger partial charge in [-0.15, -0.1) is 0 Å². The smallest absolute Gasteiger partial charge is 0.242 e. The lowest BCUT2D eigenvalue weighted by atomic mass is 10.1. The molecule has 0 amide bonds. The van der Waals surface area contributed by atoms with Crippen molar-refractivity contribution < 1.29 is 4.92 Å². The minimum Gasteiger partial charge on any atom is -0.344 e. The van der Waals surface area contributed by atoms with Crippen molar-refractivity contribution in [3.63, 3.8) is 0 Å². The van der Waals surface area contributed by atoms with E-state index in [4.69, 9.17) is 0 Å². The van der Waals surface area contributed by atoms with Gasteiger partial charge in [-0.1, -0.05) is 0 Å². The predicted octanol–water partition coefficient (Wildman–Crippen LogP) is 1.88. The molecular formula is C6H12N2O2. The van der Waals surface area contributed by atoms with E-state index in [9.17, 15) is 10.1 Å². The van der Waals surface area contributed by atoms with Gasteiger partial charge in [-0.05, 0) is 25.3 Å². The third kappa shape index (κ3) is 2.14. The third-order valence-electron chi connectivity index (χ3n) is 1.50. The van der Waals surface area contributed by atoms with Gasteiger partial charge in [0.1, 0.15) is 0 Å². The molecule has 0 atom stereocenters. The minimum atomic E-state index is -0.279. The van der Waals surface area contributed by atoms with Gasteiger partial charge in [0.2, 0.25) is 5.70 Å². The molecule has 0 saturated heterocycles. The van der Waals surface area contributed by atoms with Crippen molar-refractivity contribution in [2.45, 2.75) is 25.7 Å². The Hall–Kier alpha value is -0.900. The maximum absolute atomic E-state index is 10.1. The molecule has 0 fully saturated rings. The highest BCUT2D eigenvalue weighted by molar-refractivity contribution is 4.94. The van der Waals surface area contributed by atoms with Gasteiger partial charge >= 0.3 is 0 Å². The highest BCUT2D eigenvalue weighted by Gasteiger charge is 2.12. The molecule has 0 aromatic heterocycles. The average Bonchev–Trinajstić information content (AvgIpc) is 1.90. The molecule has 1 aliphatic rings. The second-order valence-electron chi connectivity index (χ2n) is 2.20. The Bertz CT molecular complexity index is 154. The maximum Gasteiger partial charge on any atom is 0.242 e. The van der Waals surface area contributed by atoms with Crippen molar-refractivity contribution in [2.75, 3.05) is 0 Å². The van der Waals surface area contributed by atoms with Crippen LogP contribution in [0.1, 0.15) is 25.7 Å². The van der Waals surface area contributed by atoms with Crippen molar-refractivity contribution >= 4 is 0 Å². The predicted molar refractivity (Wildman–Crippen MR) is 38.6 cm³/mol. The third-order valence-corrected chi connectivity index (χ3v) is 1.50. The Kier molecular flexibility index (Phi) is 3.64. The van der Waals surface area contributed by atoms with Crippen molar-refractivity contribution in [2.24, 2.45) is 0 Å². The van der Waals surface area contributed by atoms with Gasteiger partial charge in [0.15, 0.2) is 0 Å². The summed E-state index contributed by atoms with van der Waals surface area (Å²) in [6.07, 6.45) is 5.36.